The first-order chi connectivity index (χ1) is 8.84. The zero-order chi connectivity index (χ0) is 15.8. The molecule has 0 aromatic heterocycles. The first kappa shape index (κ1) is 16.7. The van der Waals surface area contributed by atoms with Gasteiger partial charge in [0.1, 0.15) is 5.82 Å². The van der Waals surface area contributed by atoms with Gasteiger partial charge in [0.25, 0.3) is 0 Å². The Bertz CT molecular complexity index is 559. The van der Waals surface area contributed by atoms with Crippen LogP contribution in [0.3, 0.4) is 0 Å². The first-order valence-corrected chi connectivity index (χ1v) is 6.07. The molecule has 114 valence electrons. The molecule has 1 rings (SSSR count). The molecule has 1 aromatic carbocycles. The minimum absolute atomic E-state index is 0.472. The molecule has 0 N–H and O–H groups in total. The van der Waals surface area contributed by atoms with Gasteiger partial charge in [0.15, 0.2) is 6.10 Å². The van der Waals surface area contributed by atoms with Crippen molar-refractivity contribution >= 4 is 10.1 Å². The monoisotopic (exact) mass is 326 g/mol. The number of hydrogen-bond acceptors (Lipinski definition) is 3. The maximum atomic E-state index is 12.6. The topological polar surface area (TPSA) is 43.4 Å². The molecule has 0 fully saturated rings. The summed E-state index contributed by atoms with van der Waals surface area (Å²) in [5.74, 6) is -0.951. The van der Waals surface area contributed by atoms with Crippen LogP contribution in [-0.4, -0.2) is 20.1 Å². The first-order valence-electron chi connectivity index (χ1n) is 4.66. The van der Waals surface area contributed by atoms with Crippen LogP contribution in [0.4, 0.5) is 30.7 Å². The van der Waals surface area contributed by atoms with Gasteiger partial charge in [-0.15, -0.1) is 0 Å². The highest BCUT2D eigenvalue weighted by atomic mass is 32.2. The Hall–Kier alpha value is -1.36. The molecular formula is C9H5F7O3S. The van der Waals surface area contributed by atoms with E-state index in [1.165, 1.54) is 0 Å². The summed E-state index contributed by atoms with van der Waals surface area (Å²) >= 11 is 0. The van der Waals surface area contributed by atoms with Crippen LogP contribution in [-0.2, 0) is 14.3 Å². The van der Waals surface area contributed by atoms with E-state index in [1.807, 2.05) is 0 Å². The average Bonchev–Trinajstić information content (AvgIpc) is 2.24. The summed E-state index contributed by atoms with van der Waals surface area (Å²) in [6.07, 6.45) is -8.81. The van der Waals surface area contributed by atoms with Crippen LogP contribution in [0.15, 0.2) is 24.3 Å². The molecule has 0 aliphatic carbocycles. The van der Waals surface area contributed by atoms with Gasteiger partial charge in [-0.1, -0.05) is 12.1 Å². The number of benzene rings is 1. The molecule has 0 saturated carbocycles. The molecule has 1 aromatic rings. The quantitative estimate of drug-likeness (QED) is 0.486. The second-order valence-corrected chi connectivity index (χ2v) is 5.03. The summed E-state index contributed by atoms with van der Waals surface area (Å²) in [4.78, 5) is 0. The molecule has 0 saturated heterocycles. The Balaban J connectivity index is 3.20. The Morgan fingerprint density at radius 1 is 0.950 bits per heavy atom. The summed E-state index contributed by atoms with van der Waals surface area (Å²) in [6, 6.07) is 1.99. The van der Waals surface area contributed by atoms with Gasteiger partial charge in [-0.25, -0.2) is 8.57 Å². The molecular weight excluding hydrogens is 321 g/mol. The fourth-order valence-electron chi connectivity index (χ4n) is 1.12. The molecule has 11 heteroatoms. The smallest absolute Gasteiger partial charge is 0.245 e. The third kappa shape index (κ3) is 3.82. The van der Waals surface area contributed by atoms with Crippen molar-refractivity contribution in [2.75, 3.05) is 0 Å². The normalized spacial score (nSPS) is 15.2. The Labute approximate surface area is 108 Å². The summed E-state index contributed by atoms with van der Waals surface area (Å²) < 4.78 is 111. The highest BCUT2D eigenvalue weighted by molar-refractivity contribution is 7.87. The zero-order valence-electron chi connectivity index (χ0n) is 9.17. The van der Waals surface area contributed by atoms with Crippen molar-refractivity contribution in [1.82, 2.24) is 0 Å². The van der Waals surface area contributed by atoms with E-state index in [-0.39, 0.29) is 0 Å². The van der Waals surface area contributed by atoms with Crippen LogP contribution in [0.25, 0.3) is 0 Å². The van der Waals surface area contributed by atoms with E-state index in [4.69, 9.17) is 0 Å². The van der Waals surface area contributed by atoms with Crippen LogP contribution >= 0.6 is 0 Å². The number of alkyl halides is 6. The molecule has 0 unspecified atom stereocenters. The third-order valence-corrected chi connectivity index (χ3v) is 2.99. The van der Waals surface area contributed by atoms with E-state index >= 15 is 0 Å². The van der Waals surface area contributed by atoms with Crippen molar-refractivity contribution in [3.05, 3.63) is 35.6 Å². The summed E-state index contributed by atoms with van der Waals surface area (Å²) in [7, 11) is -6.45. The highest BCUT2D eigenvalue weighted by Gasteiger charge is 2.53. The molecule has 3 nitrogen and oxygen atoms in total. The fraction of sp³-hybridized carbons (Fsp3) is 0.333. The van der Waals surface area contributed by atoms with Crippen molar-refractivity contribution in [1.29, 1.82) is 0 Å². The van der Waals surface area contributed by atoms with Gasteiger partial charge in [-0.3, -0.25) is 0 Å². The Morgan fingerprint density at radius 3 is 1.75 bits per heavy atom. The zero-order valence-corrected chi connectivity index (χ0v) is 9.98. The van der Waals surface area contributed by atoms with E-state index in [0.717, 1.165) is 0 Å². The van der Waals surface area contributed by atoms with Crippen LogP contribution < -0.4 is 0 Å². The van der Waals surface area contributed by atoms with Gasteiger partial charge in [0, 0.05) is 0 Å². The van der Waals surface area contributed by atoms with Gasteiger partial charge in [0.2, 0.25) is 0 Å². The highest BCUT2D eigenvalue weighted by Crippen LogP contribution is 2.40. The molecule has 0 amide bonds. The number of halogens is 7. The SMILES string of the molecule is O=S(=O)(O[C@H](c1ccc(F)cc1)C(F)(F)F)C(F)(F)F. The van der Waals surface area contributed by atoms with E-state index < -0.39 is 39.3 Å². The predicted octanol–water partition coefficient (Wildman–Crippen LogP) is 3.30. The predicted molar refractivity (Wildman–Crippen MR) is 51.3 cm³/mol. The van der Waals surface area contributed by atoms with Crippen molar-refractivity contribution in [2.24, 2.45) is 0 Å². The molecule has 0 heterocycles. The fourth-order valence-corrected chi connectivity index (χ4v) is 1.70. The van der Waals surface area contributed by atoms with Crippen LogP contribution in [0.1, 0.15) is 11.7 Å². The Kier molecular flexibility index (Phi) is 4.34. The van der Waals surface area contributed by atoms with Crippen molar-refractivity contribution < 1.29 is 43.3 Å². The van der Waals surface area contributed by atoms with Gasteiger partial charge < -0.3 is 0 Å². The van der Waals surface area contributed by atoms with Crippen molar-refractivity contribution in [3.8, 4) is 0 Å². The average molecular weight is 326 g/mol. The van der Waals surface area contributed by atoms with Gasteiger partial charge in [-0.05, 0) is 17.7 Å². The lowest BCUT2D eigenvalue weighted by atomic mass is 10.1. The largest absolute Gasteiger partial charge is 0.523 e. The van der Waals surface area contributed by atoms with E-state index in [1.54, 1.807) is 0 Å². The lowest BCUT2D eigenvalue weighted by Gasteiger charge is -2.21. The van der Waals surface area contributed by atoms with E-state index in [9.17, 15) is 39.2 Å². The van der Waals surface area contributed by atoms with Crippen LogP contribution in [0.5, 0.6) is 0 Å². The van der Waals surface area contributed by atoms with Crippen molar-refractivity contribution in [3.63, 3.8) is 0 Å². The second kappa shape index (κ2) is 5.20. The summed E-state index contributed by atoms with van der Waals surface area (Å²) in [6.45, 7) is 0. The van der Waals surface area contributed by atoms with E-state index in [0.29, 0.717) is 24.3 Å². The molecule has 20 heavy (non-hydrogen) atoms. The number of hydrogen-bond donors (Lipinski definition) is 0. The van der Waals surface area contributed by atoms with Crippen LogP contribution in [0.2, 0.25) is 0 Å². The molecule has 0 bridgehead atoms. The standard InChI is InChI=1S/C9H5F7O3S/c10-6-3-1-5(2-4-6)7(8(11,12)13)19-20(17,18)9(14,15)16/h1-4,7H/t7-/m1/s1. The maximum absolute atomic E-state index is 12.6. The van der Waals surface area contributed by atoms with E-state index in [2.05, 4.69) is 4.18 Å². The third-order valence-electron chi connectivity index (χ3n) is 1.98. The molecule has 0 spiro atoms. The molecule has 0 radical (unpaired) electrons. The van der Waals surface area contributed by atoms with Gasteiger partial charge >= 0.3 is 21.8 Å². The van der Waals surface area contributed by atoms with Crippen LogP contribution in [0, 0.1) is 5.82 Å². The van der Waals surface area contributed by atoms with Crippen molar-refractivity contribution in [2.45, 2.75) is 17.8 Å². The number of rotatable bonds is 3. The molecule has 0 aliphatic rings. The molecule has 1 atom stereocenters. The minimum atomic E-state index is -6.45. The minimum Gasteiger partial charge on any atom is -0.245 e. The maximum Gasteiger partial charge on any atom is 0.523 e. The van der Waals surface area contributed by atoms with Gasteiger partial charge in [-0.2, -0.15) is 34.8 Å². The second-order valence-electron chi connectivity index (χ2n) is 3.47. The summed E-state index contributed by atoms with van der Waals surface area (Å²) in [5.41, 5.74) is -6.98. The lowest BCUT2D eigenvalue weighted by molar-refractivity contribution is -0.200. The van der Waals surface area contributed by atoms with Gasteiger partial charge in [0.05, 0.1) is 0 Å². The Morgan fingerprint density at radius 2 is 1.40 bits per heavy atom. The summed E-state index contributed by atoms with van der Waals surface area (Å²) in [5, 5.41) is 0. The lowest BCUT2D eigenvalue weighted by Crippen LogP contribution is -2.32. The molecule has 0 aliphatic heterocycles.